The van der Waals surface area contributed by atoms with Gasteiger partial charge in [0.05, 0.1) is 18.1 Å². The quantitative estimate of drug-likeness (QED) is 0.326. The van der Waals surface area contributed by atoms with Gasteiger partial charge in [-0.2, -0.15) is 4.98 Å². The van der Waals surface area contributed by atoms with Crippen molar-refractivity contribution in [2.45, 2.75) is 52.3 Å². The van der Waals surface area contributed by atoms with E-state index in [1.807, 2.05) is 58.0 Å². The Bertz CT molecular complexity index is 1320. The van der Waals surface area contributed by atoms with Gasteiger partial charge in [-0.05, 0) is 81.0 Å². The molecule has 0 spiro atoms. The molecule has 4 rings (SSSR count). The second-order valence-corrected chi connectivity index (χ2v) is 11.2. The summed E-state index contributed by atoms with van der Waals surface area (Å²) in [5.74, 6) is 1.76. The van der Waals surface area contributed by atoms with Gasteiger partial charge in [-0.15, -0.1) is 0 Å². The predicted octanol–water partition coefficient (Wildman–Crippen LogP) is 5.52. The molecule has 186 valence electrons. The van der Waals surface area contributed by atoms with Crippen LogP contribution in [0.4, 0.5) is 23.1 Å². The standard InChI is InChI=1S/C25H30ClN5O3S/c1-5-34-23-16(3)11-19(12-17(23)4)29-25-27-14-21(26)24(31-25)30-22-9-6-18(10-15(22)2)13-28-35(32,33)20-7-8-20/h6,9-12,14,20,28H,5,7-8,13H2,1-4H3,(H2,27,29,30,31). The van der Waals surface area contributed by atoms with E-state index in [2.05, 4.69) is 25.3 Å². The first-order valence-electron chi connectivity index (χ1n) is 11.5. The molecule has 0 aliphatic heterocycles. The Morgan fingerprint density at radius 3 is 2.40 bits per heavy atom. The van der Waals surface area contributed by atoms with Gasteiger partial charge in [0.25, 0.3) is 0 Å². The summed E-state index contributed by atoms with van der Waals surface area (Å²) in [5.41, 5.74) is 5.54. The fourth-order valence-electron chi connectivity index (χ4n) is 3.82. The molecule has 0 unspecified atom stereocenters. The topological polar surface area (TPSA) is 105 Å². The van der Waals surface area contributed by atoms with Gasteiger partial charge in [-0.1, -0.05) is 23.7 Å². The van der Waals surface area contributed by atoms with Gasteiger partial charge in [-0.3, -0.25) is 0 Å². The molecule has 1 fully saturated rings. The van der Waals surface area contributed by atoms with Gasteiger partial charge in [0.1, 0.15) is 10.8 Å². The van der Waals surface area contributed by atoms with Crippen molar-refractivity contribution in [1.82, 2.24) is 14.7 Å². The third kappa shape index (κ3) is 6.22. The van der Waals surface area contributed by atoms with E-state index >= 15 is 0 Å². The molecule has 1 heterocycles. The highest BCUT2D eigenvalue weighted by molar-refractivity contribution is 7.90. The van der Waals surface area contributed by atoms with Gasteiger partial charge in [0, 0.05) is 17.9 Å². The van der Waals surface area contributed by atoms with Crippen LogP contribution in [0.5, 0.6) is 5.75 Å². The molecular formula is C25H30ClN5O3S. The third-order valence-electron chi connectivity index (χ3n) is 5.73. The van der Waals surface area contributed by atoms with E-state index in [9.17, 15) is 8.42 Å². The van der Waals surface area contributed by atoms with Gasteiger partial charge >= 0.3 is 0 Å². The smallest absolute Gasteiger partial charge is 0.229 e. The molecule has 1 aromatic heterocycles. The van der Waals surface area contributed by atoms with Crippen molar-refractivity contribution in [3.8, 4) is 5.75 Å². The SMILES string of the molecule is CCOc1c(C)cc(Nc2ncc(Cl)c(Nc3ccc(CNS(=O)(=O)C4CC4)cc3C)n2)cc1C. The number of anilines is 4. The molecule has 8 nitrogen and oxygen atoms in total. The van der Waals surface area contributed by atoms with E-state index in [4.69, 9.17) is 16.3 Å². The molecule has 1 aliphatic rings. The van der Waals surface area contributed by atoms with Crippen LogP contribution in [-0.4, -0.2) is 30.2 Å². The lowest BCUT2D eigenvalue weighted by Crippen LogP contribution is -2.26. The Morgan fingerprint density at radius 1 is 1.06 bits per heavy atom. The lowest BCUT2D eigenvalue weighted by molar-refractivity contribution is 0.335. The van der Waals surface area contributed by atoms with Gasteiger partial charge in [0.15, 0.2) is 5.82 Å². The first-order chi connectivity index (χ1) is 16.7. The first-order valence-corrected chi connectivity index (χ1v) is 13.5. The molecule has 3 aromatic rings. The minimum Gasteiger partial charge on any atom is -0.493 e. The zero-order chi connectivity index (χ0) is 25.2. The summed E-state index contributed by atoms with van der Waals surface area (Å²) in [6, 6.07) is 9.69. The third-order valence-corrected chi connectivity index (χ3v) is 7.91. The van der Waals surface area contributed by atoms with E-state index in [0.717, 1.165) is 52.2 Å². The number of hydrogen-bond donors (Lipinski definition) is 3. The van der Waals surface area contributed by atoms with Crippen LogP contribution in [0.15, 0.2) is 36.5 Å². The first kappa shape index (κ1) is 25.2. The molecule has 0 atom stereocenters. The summed E-state index contributed by atoms with van der Waals surface area (Å²) < 4.78 is 32.6. The van der Waals surface area contributed by atoms with E-state index < -0.39 is 10.0 Å². The summed E-state index contributed by atoms with van der Waals surface area (Å²) in [6.07, 6.45) is 3.03. The Balaban J connectivity index is 1.47. The number of hydrogen-bond acceptors (Lipinski definition) is 7. The number of aromatic nitrogens is 2. The summed E-state index contributed by atoms with van der Waals surface area (Å²) in [5, 5.41) is 6.65. The summed E-state index contributed by atoms with van der Waals surface area (Å²) in [6.45, 7) is 8.79. The Morgan fingerprint density at radius 2 is 1.77 bits per heavy atom. The number of sulfonamides is 1. The number of rotatable bonds is 10. The minimum absolute atomic E-state index is 0.234. The Labute approximate surface area is 211 Å². The van der Waals surface area contributed by atoms with E-state index in [0.29, 0.717) is 23.4 Å². The molecule has 0 bridgehead atoms. The van der Waals surface area contributed by atoms with Crippen LogP contribution in [0.25, 0.3) is 0 Å². The van der Waals surface area contributed by atoms with Crippen LogP contribution in [0.2, 0.25) is 5.02 Å². The zero-order valence-electron chi connectivity index (χ0n) is 20.3. The van der Waals surface area contributed by atoms with Gasteiger partial charge < -0.3 is 15.4 Å². The monoisotopic (exact) mass is 515 g/mol. The summed E-state index contributed by atoms with van der Waals surface area (Å²) >= 11 is 6.37. The van der Waals surface area contributed by atoms with Crippen LogP contribution in [0.1, 0.15) is 42.0 Å². The highest BCUT2D eigenvalue weighted by Crippen LogP contribution is 2.31. The number of aryl methyl sites for hydroxylation is 3. The normalized spacial score (nSPS) is 13.5. The largest absolute Gasteiger partial charge is 0.493 e. The van der Waals surface area contributed by atoms with Crippen molar-refractivity contribution in [2.75, 3.05) is 17.2 Å². The van der Waals surface area contributed by atoms with Crippen molar-refractivity contribution in [3.63, 3.8) is 0 Å². The highest BCUT2D eigenvalue weighted by atomic mass is 35.5. The van der Waals surface area contributed by atoms with Crippen LogP contribution < -0.4 is 20.1 Å². The fourth-order valence-corrected chi connectivity index (χ4v) is 5.32. The number of halogens is 1. The van der Waals surface area contributed by atoms with Crippen LogP contribution in [0, 0.1) is 20.8 Å². The van der Waals surface area contributed by atoms with Crippen molar-refractivity contribution in [3.05, 3.63) is 63.8 Å². The molecule has 0 saturated heterocycles. The Hall–Kier alpha value is -2.88. The summed E-state index contributed by atoms with van der Waals surface area (Å²) in [4.78, 5) is 8.86. The molecule has 0 amide bonds. The number of nitrogens with one attached hydrogen (secondary N) is 3. The van der Waals surface area contributed by atoms with E-state index in [1.54, 1.807) is 6.20 Å². The van der Waals surface area contributed by atoms with Crippen molar-refractivity contribution in [1.29, 1.82) is 0 Å². The van der Waals surface area contributed by atoms with Crippen LogP contribution in [0.3, 0.4) is 0 Å². The maximum atomic E-state index is 12.1. The number of nitrogens with zero attached hydrogens (tertiary/aromatic N) is 2. The molecule has 1 aliphatic carbocycles. The van der Waals surface area contributed by atoms with Crippen LogP contribution >= 0.6 is 11.6 Å². The molecule has 0 radical (unpaired) electrons. The molecule has 35 heavy (non-hydrogen) atoms. The van der Waals surface area contributed by atoms with Crippen molar-refractivity contribution < 1.29 is 13.2 Å². The predicted molar refractivity (Wildman–Crippen MR) is 141 cm³/mol. The average Bonchev–Trinajstić information content (AvgIpc) is 3.65. The van der Waals surface area contributed by atoms with Crippen LogP contribution in [-0.2, 0) is 16.6 Å². The molecule has 3 N–H and O–H groups in total. The lowest BCUT2D eigenvalue weighted by atomic mass is 10.1. The zero-order valence-corrected chi connectivity index (χ0v) is 21.8. The van der Waals surface area contributed by atoms with Gasteiger partial charge in [0.2, 0.25) is 16.0 Å². The van der Waals surface area contributed by atoms with Gasteiger partial charge in [-0.25, -0.2) is 18.1 Å². The summed E-state index contributed by atoms with van der Waals surface area (Å²) in [7, 11) is -3.22. The van der Waals surface area contributed by atoms with Crippen molar-refractivity contribution in [2.24, 2.45) is 0 Å². The molecule has 2 aromatic carbocycles. The maximum Gasteiger partial charge on any atom is 0.229 e. The van der Waals surface area contributed by atoms with Crippen molar-refractivity contribution >= 4 is 44.8 Å². The number of ether oxygens (including phenoxy) is 1. The molecular weight excluding hydrogens is 486 g/mol. The number of benzene rings is 2. The highest BCUT2D eigenvalue weighted by Gasteiger charge is 2.35. The maximum absolute atomic E-state index is 12.1. The second-order valence-electron chi connectivity index (χ2n) is 8.73. The lowest BCUT2D eigenvalue weighted by Gasteiger charge is -2.15. The van der Waals surface area contributed by atoms with E-state index in [-0.39, 0.29) is 11.8 Å². The Kier molecular flexibility index (Phi) is 7.49. The average molecular weight is 516 g/mol. The minimum atomic E-state index is -3.22. The molecule has 1 saturated carbocycles. The molecule has 10 heteroatoms. The van der Waals surface area contributed by atoms with E-state index in [1.165, 1.54) is 0 Å². The fraction of sp³-hybridized carbons (Fsp3) is 0.360. The second kappa shape index (κ2) is 10.4.